The smallest absolute Gasteiger partial charge is 0.125 e. The van der Waals surface area contributed by atoms with Crippen LogP contribution in [0.3, 0.4) is 0 Å². The molecule has 0 radical (unpaired) electrons. The molecular weight excluding hydrogens is 211 g/mol. The second-order valence-electron chi connectivity index (χ2n) is 3.44. The van der Waals surface area contributed by atoms with Crippen LogP contribution in [-0.4, -0.2) is 36.0 Å². The minimum Gasteiger partial charge on any atom is -0.394 e. The second-order valence-corrected chi connectivity index (χ2v) is 3.44. The van der Waals surface area contributed by atoms with E-state index in [9.17, 15) is 9.50 Å². The molecule has 0 amide bonds. The first-order valence-electron chi connectivity index (χ1n) is 5.23. The Morgan fingerprint density at radius 1 is 1.31 bits per heavy atom. The van der Waals surface area contributed by atoms with Gasteiger partial charge in [-0.25, -0.2) is 4.39 Å². The zero-order valence-electron chi connectivity index (χ0n) is 9.20. The van der Waals surface area contributed by atoms with Crippen LogP contribution in [0.4, 0.5) is 15.8 Å². The molecule has 0 aliphatic heterocycles. The third kappa shape index (κ3) is 3.67. The number of hydrogen-bond acceptors (Lipinski definition) is 4. The van der Waals surface area contributed by atoms with Crippen LogP contribution >= 0.6 is 0 Å². The summed E-state index contributed by atoms with van der Waals surface area (Å²) in [5.41, 5.74) is 1.35. The van der Waals surface area contributed by atoms with Gasteiger partial charge in [0.15, 0.2) is 0 Å². The number of aliphatic hydroxyl groups is 2. The Balaban J connectivity index is 2.71. The average molecular weight is 228 g/mol. The number of nitrogens with one attached hydrogen (secondary N) is 2. The molecule has 1 rings (SSSR count). The topological polar surface area (TPSA) is 64.5 Å². The SMILES string of the molecule is CCNc1ccc(F)cc1NCC(O)CO. The zero-order valence-corrected chi connectivity index (χ0v) is 9.20. The molecule has 0 saturated heterocycles. The van der Waals surface area contributed by atoms with Crippen molar-refractivity contribution in [1.29, 1.82) is 0 Å². The van der Waals surface area contributed by atoms with Crippen molar-refractivity contribution in [3.8, 4) is 0 Å². The first-order chi connectivity index (χ1) is 7.67. The average Bonchev–Trinajstić information content (AvgIpc) is 2.29. The van der Waals surface area contributed by atoms with Crippen LogP contribution in [0.1, 0.15) is 6.92 Å². The lowest BCUT2D eigenvalue weighted by atomic mass is 10.2. The van der Waals surface area contributed by atoms with Crippen LogP contribution in [0.15, 0.2) is 18.2 Å². The summed E-state index contributed by atoms with van der Waals surface area (Å²) in [5, 5.41) is 23.8. The third-order valence-corrected chi connectivity index (χ3v) is 2.09. The molecule has 5 heteroatoms. The van der Waals surface area contributed by atoms with E-state index in [4.69, 9.17) is 5.11 Å². The molecule has 1 unspecified atom stereocenters. The van der Waals surface area contributed by atoms with Crippen molar-refractivity contribution < 1.29 is 14.6 Å². The molecule has 90 valence electrons. The van der Waals surface area contributed by atoms with Crippen LogP contribution < -0.4 is 10.6 Å². The van der Waals surface area contributed by atoms with Crippen molar-refractivity contribution in [2.75, 3.05) is 30.3 Å². The molecule has 0 heterocycles. The second kappa shape index (κ2) is 6.30. The Bertz CT molecular complexity index is 334. The van der Waals surface area contributed by atoms with E-state index in [-0.39, 0.29) is 19.0 Å². The summed E-state index contributed by atoms with van der Waals surface area (Å²) in [7, 11) is 0. The lowest BCUT2D eigenvalue weighted by Crippen LogP contribution is -2.23. The van der Waals surface area contributed by atoms with Gasteiger partial charge in [-0.1, -0.05) is 0 Å². The van der Waals surface area contributed by atoms with Crippen LogP contribution in [0.5, 0.6) is 0 Å². The molecular formula is C11H17FN2O2. The molecule has 0 aliphatic carbocycles. The van der Waals surface area contributed by atoms with Crippen molar-refractivity contribution >= 4 is 11.4 Å². The van der Waals surface area contributed by atoms with Crippen molar-refractivity contribution in [2.24, 2.45) is 0 Å². The van der Waals surface area contributed by atoms with Gasteiger partial charge in [-0.3, -0.25) is 0 Å². The van der Waals surface area contributed by atoms with E-state index < -0.39 is 6.10 Å². The summed E-state index contributed by atoms with van der Waals surface area (Å²) < 4.78 is 13.0. The molecule has 4 nitrogen and oxygen atoms in total. The van der Waals surface area contributed by atoms with Crippen LogP contribution in [0, 0.1) is 5.82 Å². The Kier molecular flexibility index (Phi) is 5.01. The third-order valence-electron chi connectivity index (χ3n) is 2.09. The normalized spacial score (nSPS) is 12.2. The van der Waals surface area contributed by atoms with E-state index in [0.29, 0.717) is 5.69 Å². The van der Waals surface area contributed by atoms with Crippen molar-refractivity contribution in [2.45, 2.75) is 13.0 Å². The van der Waals surface area contributed by atoms with E-state index in [0.717, 1.165) is 12.2 Å². The van der Waals surface area contributed by atoms with E-state index in [1.807, 2.05) is 6.92 Å². The molecule has 4 N–H and O–H groups in total. The first kappa shape index (κ1) is 12.7. The molecule has 16 heavy (non-hydrogen) atoms. The lowest BCUT2D eigenvalue weighted by molar-refractivity contribution is 0.105. The Hall–Kier alpha value is -1.33. The van der Waals surface area contributed by atoms with Gasteiger partial charge in [0, 0.05) is 13.1 Å². The van der Waals surface area contributed by atoms with Crippen molar-refractivity contribution in [3.05, 3.63) is 24.0 Å². The summed E-state index contributed by atoms with van der Waals surface area (Å²) in [6.07, 6.45) is -0.849. The minimum atomic E-state index is -0.849. The highest BCUT2D eigenvalue weighted by Crippen LogP contribution is 2.22. The number of hydrogen-bond donors (Lipinski definition) is 4. The summed E-state index contributed by atoms with van der Waals surface area (Å²) in [6, 6.07) is 4.35. The molecule has 0 bridgehead atoms. The van der Waals surface area contributed by atoms with Gasteiger partial charge < -0.3 is 20.8 Å². The van der Waals surface area contributed by atoms with Gasteiger partial charge in [0.1, 0.15) is 5.82 Å². The summed E-state index contributed by atoms with van der Waals surface area (Å²) >= 11 is 0. The van der Waals surface area contributed by atoms with E-state index in [2.05, 4.69) is 10.6 Å². The number of rotatable bonds is 6. The van der Waals surface area contributed by atoms with Gasteiger partial charge in [-0.15, -0.1) is 0 Å². The van der Waals surface area contributed by atoms with Gasteiger partial charge >= 0.3 is 0 Å². The summed E-state index contributed by atoms with van der Waals surface area (Å²) in [4.78, 5) is 0. The first-order valence-corrected chi connectivity index (χ1v) is 5.23. The lowest BCUT2D eigenvalue weighted by Gasteiger charge is -2.14. The number of halogens is 1. The molecule has 0 saturated carbocycles. The Labute approximate surface area is 94.1 Å². The standard InChI is InChI=1S/C11H17FN2O2/c1-2-13-10-4-3-8(12)5-11(10)14-6-9(16)7-15/h3-5,9,13-16H,2,6-7H2,1H3. The quantitative estimate of drug-likeness (QED) is 0.587. The molecule has 1 aromatic carbocycles. The molecule has 1 aromatic rings. The highest BCUT2D eigenvalue weighted by atomic mass is 19.1. The predicted molar refractivity (Wildman–Crippen MR) is 62.1 cm³/mol. The van der Waals surface area contributed by atoms with Crippen molar-refractivity contribution in [1.82, 2.24) is 0 Å². The van der Waals surface area contributed by atoms with Crippen LogP contribution in [-0.2, 0) is 0 Å². The maximum Gasteiger partial charge on any atom is 0.125 e. The summed E-state index contributed by atoms with van der Waals surface area (Å²) in [5.74, 6) is -0.345. The van der Waals surface area contributed by atoms with Crippen LogP contribution in [0.2, 0.25) is 0 Å². The number of anilines is 2. The fourth-order valence-corrected chi connectivity index (χ4v) is 1.30. The molecule has 0 spiro atoms. The molecule has 0 fully saturated rings. The fraction of sp³-hybridized carbons (Fsp3) is 0.455. The van der Waals surface area contributed by atoms with Gasteiger partial charge in [0.25, 0.3) is 0 Å². The van der Waals surface area contributed by atoms with Crippen LogP contribution in [0.25, 0.3) is 0 Å². The molecule has 0 aliphatic rings. The molecule has 1 atom stereocenters. The van der Waals surface area contributed by atoms with Gasteiger partial charge in [0.2, 0.25) is 0 Å². The number of benzene rings is 1. The Morgan fingerprint density at radius 2 is 2.06 bits per heavy atom. The van der Waals surface area contributed by atoms with Crippen molar-refractivity contribution in [3.63, 3.8) is 0 Å². The maximum atomic E-state index is 13.0. The van der Waals surface area contributed by atoms with E-state index in [1.54, 1.807) is 6.07 Å². The van der Waals surface area contributed by atoms with Gasteiger partial charge in [-0.2, -0.15) is 0 Å². The number of aliphatic hydroxyl groups excluding tert-OH is 2. The molecule has 0 aromatic heterocycles. The van der Waals surface area contributed by atoms with Gasteiger partial charge in [-0.05, 0) is 25.1 Å². The maximum absolute atomic E-state index is 13.0. The highest BCUT2D eigenvalue weighted by Gasteiger charge is 2.06. The largest absolute Gasteiger partial charge is 0.394 e. The van der Waals surface area contributed by atoms with Gasteiger partial charge in [0.05, 0.1) is 24.1 Å². The zero-order chi connectivity index (χ0) is 12.0. The highest BCUT2D eigenvalue weighted by molar-refractivity contribution is 5.68. The monoisotopic (exact) mass is 228 g/mol. The summed E-state index contributed by atoms with van der Waals surface area (Å²) in [6.45, 7) is 2.52. The predicted octanol–water partition coefficient (Wildman–Crippen LogP) is 1.02. The van der Waals surface area contributed by atoms with E-state index >= 15 is 0 Å². The minimum absolute atomic E-state index is 0.179. The Morgan fingerprint density at radius 3 is 2.69 bits per heavy atom. The fourth-order valence-electron chi connectivity index (χ4n) is 1.30. The van der Waals surface area contributed by atoms with E-state index in [1.165, 1.54) is 12.1 Å².